The van der Waals surface area contributed by atoms with Gasteiger partial charge in [0.2, 0.25) is 0 Å². The van der Waals surface area contributed by atoms with Crippen molar-refractivity contribution in [2.45, 2.75) is 12.5 Å². The van der Waals surface area contributed by atoms with E-state index in [0.29, 0.717) is 27.1 Å². The lowest BCUT2D eigenvalue weighted by molar-refractivity contribution is -0.118. The summed E-state index contributed by atoms with van der Waals surface area (Å²) < 4.78 is 0.373. The first-order valence-corrected chi connectivity index (χ1v) is 11.1. The lowest BCUT2D eigenvalue weighted by Crippen LogP contribution is -2.43. The van der Waals surface area contributed by atoms with E-state index in [0.717, 1.165) is 5.56 Å². The molecule has 0 unspecified atom stereocenters. The first kappa shape index (κ1) is 23.7. The molecule has 3 aromatic rings. The van der Waals surface area contributed by atoms with Gasteiger partial charge < -0.3 is 15.7 Å². The van der Waals surface area contributed by atoms with Crippen LogP contribution in [0.15, 0.2) is 90.6 Å². The second kappa shape index (κ2) is 11.6. The van der Waals surface area contributed by atoms with E-state index >= 15 is 0 Å². The number of aliphatic hydroxyl groups is 1. The van der Waals surface area contributed by atoms with Gasteiger partial charge in [0.15, 0.2) is 0 Å². The first-order valence-electron chi connectivity index (χ1n) is 9.95. The summed E-state index contributed by atoms with van der Waals surface area (Å²) in [4.78, 5) is 26.0. The average molecular weight is 514 g/mol. The molecule has 0 saturated carbocycles. The summed E-state index contributed by atoms with van der Waals surface area (Å²) >= 11 is 9.56. The molecule has 0 aliphatic rings. The Hall–Kier alpha value is -2.93. The minimum atomic E-state index is -0.534. The van der Waals surface area contributed by atoms with Crippen LogP contribution < -0.4 is 10.6 Å². The fourth-order valence-electron chi connectivity index (χ4n) is 3.07. The maximum absolute atomic E-state index is 13.2. The number of carbonyl (C=O) groups is 2. The molecular weight excluding hydrogens is 492 g/mol. The summed E-state index contributed by atoms with van der Waals surface area (Å²) in [5, 5.41) is 15.8. The smallest absolute Gasteiger partial charge is 0.269 e. The van der Waals surface area contributed by atoms with E-state index in [1.807, 2.05) is 30.3 Å². The summed E-state index contributed by atoms with van der Waals surface area (Å²) in [5.74, 6) is -0.963. The number of hydrogen-bond acceptors (Lipinski definition) is 3. The van der Waals surface area contributed by atoms with Crippen LogP contribution >= 0.6 is 27.5 Å². The van der Waals surface area contributed by atoms with Gasteiger partial charge in [-0.2, -0.15) is 0 Å². The molecule has 1 atom stereocenters. The lowest BCUT2D eigenvalue weighted by Gasteiger charge is -2.19. The van der Waals surface area contributed by atoms with E-state index < -0.39 is 17.9 Å². The van der Waals surface area contributed by atoms with Gasteiger partial charge in [-0.1, -0.05) is 72.3 Å². The van der Waals surface area contributed by atoms with E-state index in [4.69, 9.17) is 11.6 Å². The SMILES string of the molecule is O=C(N[C@H](CO)Cc1ccccc1)/C(NC(=O)c1ccccc1)=C(/Br)c1cccc(Cl)c1. The van der Waals surface area contributed by atoms with Crippen LogP contribution in [-0.4, -0.2) is 29.6 Å². The fourth-order valence-corrected chi connectivity index (χ4v) is 3.79. The molecule has 3 rings (SSSR count). The molecule has 2 amide bonds. The van der Waals surface area contributed by atoms with Crippen molar-refractivity contribution in [1.82, 2.24) is 10.6 Å². The highest BCUT2D eigenvalue weighted by atomic mass is 79.9. The molecule has 0 radical (unpaired) electrons. The number of carbonyl (C=O) groups excluding carboxylic acids is 2. The molecule has 32 heavy (non-hydrogen) atoms. The molecule has 0 bridgehead atoms. The Kier molecular flexibility index (Phi) is 8.62. The van der Waals surface area contributed by atoms with Gasteiger partial charge in [-0.05, 0) is 57.7 Å². The van der Waals surface area contributed by atoms with Gasteiger partial charge in [0.1, 0.15) is 5.70 Å². The number of nitrogens with one attached hydrogen (secondary N) is 2. The van der Waals surface area contributed by atoms with Crippen LogP contribution in [0.4, 0.5) is 0 Å². The predicted octanol–water partition coefficient (Wildman–Crippen LogP) is 4.55. The minimum Gasteiger partial charge on any atom is -0.394 e. The Morgan fingerprint density at radius 2 is 1.53 bits per heavy atom. The minimum absolute atomic E-state index is 0.0210. The number of rotatable bonds is 8. The van der Waals surface area contributed by atoms with Crippen LogP contribution in [-0.2, 0) is 11.2 Å². The highest BCUT2D eigenvalue weighted by Gasteiger charge is 2.22. The zero-order valence-corrected chi connectivity index (χ0v) is 19.4. The number of aliphatic hydroxyl groups excluding tert-OH is 1. The third kappa shape index (κ3) is 6.53. The van der Waals surface area contributed by atoms with Gasteiger partial charge in [0, 0.05) is 10.6 Å². The third-order valence-corrected chi connectivity index (χ3v) is 5.77. The van der Waals surface area contributed by atoms with Crippen LogP contribution in [0.2, 0.25) is 5.02 Å². The first-order chi connectivity index (χ1) is 15.5. The second-order valence-electron chi connectivity index (χ2n) is 7.06. The average Bonchev–Trinajstić information content (AvgIpc) is 2.82. The lowest BCUT2D eigenvalue weighted by atomic mass is 10.1. The van der Waals surface area contributed by atoms with Crippen LogP contribution in [0.3, 0.4) is 0 Å². The van der Waals surface area contributed by atoms with Gasteiger partial charge in [-0.15, -0.1) is 0 Å². The molecule has 164 valence electrons. The van der Waals surface area contributed by atoms with Crippen molar-refractivity contribution in [3.63, 3.8) is 0 Å². The van der Waals surface area contributed by atoms with E-state index in [1.54, 1.807) is 54.6 Å². The van der Waals surface area contributed by atoms with Gasteiger partial charge in [0.05, 0.1) is 17.1 Å². The molecule has 0 saturated heterocycles. The Balaban J connectivity index is 1.89. The van der Waals surface area contributed by atoms with Gasteiger partial charge in [-0.25, -0.2) is 0 Å². The molecule has 3 N–H and O–H groups in total. The number of benzene rings is 3. The molecule has 0 spiro atoms. The summed E-state index contributed by atoms with van der Waals surface area (Å²) in [6.07, 6.45) is 0.442. The predicted molar refractivity (Wildman–Crippen MR) is 130 cm³/mol. The van der Waals surface area contributed by atoms with Crippen molar-refractivity contribution in [3.8, 4) is 0 Å². The number of amides is 2. The number of halogens is 2. The highest BCUT2D eigenvalue weighted by Crippen LogP contribution is 2.27. The molecule has 7 heteroatoms. The normalized spacial score (nSPS) is 12.5. The number of hydrogen-bond donors (Lipinski definition) is 3. The summed E-state index contributed by atoms with van der Waals surface area (Å²) in [5.41, 5.74) is 2.03. The molecule has 0 heterocycles. The van der Waals surface area contributed by atoms with E-state index in [9.17, 15) is 14.7 Å². The second-order valence-corrected chi connectivity index (χ2v) is 8.29. The van der Waals surface area contributed by atoms with E-state index in [-0.39, 0.29) is 12.3 Å². The Morgan fingerprint density at radius 1 is 0.906 bits per heavy atom. The van der Waals surface area contributed by atoms with Crippen LogP contribution in [0.1, 0.15) is 21.5 Å². The molecule has 0 aliphatic carbocycles. The van der Waals surface area contributed by atoms with Crippen LogP contribution in [0, 0.1) is 0 Å². The van der Waals surface area contributed by atoms with E-state index in [1.165, 1.54) is 0 Å². The molecule has 0 aliphatic heterocycles. The Morgan fingerprint density at radius 3 is 2.16 bits per heavy atom. The molecule has 5 nitrogen and oxygen atoms in total. The topological polar surface area (TPSA) is 78.4 Å². The van der Waals surface area contributed by atoms with E-state index in [2.05, 4.69) is 26.6 Å². The zero-order valence-electron chi connectivity index (χ0n) is 17.1. The van der Waals surface area contributed by atoms with Crippen molar-refractivity contribution in [2.75, 3.05) is 6.61 Å². The van der Waals surface area contributed by atoms with Gasteiger partial charge >= 0.3 is 0 Å². The maximum atomic E-state index is 13.2. The van der Waals surface area contributed by atoms with Crippen molar-refractivity contribution in [3.05, 3.63) is 112 Å². The Bertz CT molecular complexity index is 1100. The molecule has 3 aromatic carbocycles. The third-order valence-electron chi connectivity index (χ3n) is 4.68. The van der Waals surface area contributed by atoms with Crippen molar-refractivity contribution in [2.24, 2.45) is 0 Å². The zero-order chi connectivity index (χ0) is 22.9. The standard InChI is InChI=1S/C25H22BrClN2O3/c26-22(19-12-7-13-20(27)15-19)23(29-24(31)18-10-5-2-6-11-18)25(32)28-21(16-30)14-17-8-3-1-4-9-17/h1-13,15,21,30H,14,16H2,(H,28,32)(H,29,31)/b23-22-/t21-/m0/s1. The van der Waals surface area contributed by atoms with Crippen LogP contribution in [0.5, 0.6) is 0 Å². The summed E-state index contributed by atoms with van der Waals surface area (Å²) in [6.45, 7) is -0.255. The van der Waals surface area contributed by atoms with Gasteiger partial charge in [-0.3, -0.25) is 9.59 Å². The van der Waals surface area contributed by atoms with Crippen LogP contribution in [0.25, 0.3) is 4.48 Å². The molecular formula is C25H22BrClN2O3. The largest absolute Gasteiger partial charge is 0.394 e. The summed E-state index contributed by atoms with van der Waals surface area (Å²) in [7, 11) is 0. The monoisotopic (exact) mass is 512 g/mol. The quantitative estimate of drug-likeness (QED) is 0.387. The summed E-state index contributed by atoms with van der Waals surface area (Å²) in [6, 6.07) is 24.5. The molecule has 0 fully saturated rings. The highest BCUT2D eigenvalue weighted by molar-refractivity contribution is 9.15. The van der Waals surface area contributed by atoms with Crippen molar-refractivity contribution in [1.29, 1.82) is 0 Å². The van der Waals surface area contributed by atoms with Gasteiger partial charge in [0.25, 0.3) is 11.8 Å². The maximum Gasteiger partial charge on any atom is 0.269 e. The molecule has 0 aromatic heterocycles. The van der Waals surface area contributed by atoms with Crippen molar-refractivity contribution >= 4 is 43.8 Å². The fraction of sp³-hybridized carbons (Fsp3) is 0.120. The van der Waals surface area contributed by atoms with Crippen molar-refractivity contribution < 1.29 is 14.7 Å². The Labute approximate surface area is 200 Å².